The van der Waals surface area contributed by atoms with E-state index in [1.54, 1.807) is 0 Å². The zero-order valence-corrected chi connectivity index (χ0v) is 9.87. The predicted molar refractivity (Wildman–Crippen MR) is 63.9 cm³/mol. The molecule has 0 N–H and O–H groups in total. The van der Waals surface area contributed by atoms with E-state index >= 15 is 0 Å². The minimum absolute atomic E-state index is 0.181. The second kappa shape index (κ2) is 4.07. The van der Waals surface area contributed by atoms with Crippen molar-refractivity contribution in [3.63, 3.8) is 0 Å². The standard InChI is InChI=1S/C11H14OS2/c1-11(10-6-3-2-4-7-10)13-8-5-9-14(11)12/h2-4,6-7H,5,8-9H2,1H3/t11-,14?/m0/s1. The summed E-state index contributed by atoms with van der Waals surface area (Å²) in [6, 6.07) is 10.2. The van der Waals surface area contributed by atoms with Gasteiger partial charge >= 0.3 is 0 Å². The molecule has 1 aliphatic heterocycles. The zero-order valence-electron chi connectivity index (χ0n) is 8.23. The molecule has 76 valence electrons. The van der Waals surface area contributed by atoms with Gasteiger partial charge in [-0.15, -0.1) is 11.8 Å². The Morgan fingerprint density at radius 1 is 1.36 bits per heavy atom. The van der Waals surface area contributed by atoms with E-state index < -0.39 is 10.8 Å². The summed E-state index contributed by atoms with van der Waals surface area (Å²) in [5.41, 5.74) is 1.20. The summed E-state index contributed by atoms with van der Waals surface area (Å²) < 4.78 is 11.8. The maximum absolute atomic E-state index is 12.0. The number of benzene rings is 1. The van der Waals surface area contributed by atoms with Crippen molar-refractivity contribution in [3.05, 3.63) is 35.9 Å². The van der Waals surface area contributed by atoms with E-state index in [1.165, 1.54) is 5.56 Å². The van der Waals surface area contributed by atoms with Crippen molar-refractivity contribution in [2.45, 2.75) is 17.4 Å². The highest BCUT2D eigenvalue weighted by atomic mass is 32.2. The molecule has 1 unspecified atom stereocenters. The van der Waals surface area contributed by atoms with Crippen molar-refractivity contribution in [2.75, 3.05) is 11.5 Å². The van der Waals surface area contributed by atoms with Gasteiger partial charge in [-0.05, 0) is 24.7 Å². The van der Waals surface area contributed by atoms with Crippen LogP contribution in [0, 0.1) is 0 Å². The van der Waals surface area contributed by atoms with Crippen LogP contribution in [0.4, 0.5) is 0 Å². The van der Waals surface area contributed by atoms with Crippen molar-refractivity contribution >= 4 is 22.6 Å². The first-order chi connectivity index (χ1) is 6.73. The maximum Gasteiger partial charge on any atom is 0.113 e. The minimum Gasteiger partial charge on any atom is -0.258 e. The van der Waals surface area contributed by atoms with E-state index in [1.807, 2.05) is 30.0 Å². The first-order valence-corrected chi connectivity index (χ1v) is 7.12. The van der Waals surface area contributed by atoms with Crippen LogP contribution in [-0.2, 0) is 14.9 Å². The highest BCUT2D eigenvalue weighted by molar-refractivity contribution is 8.12. The third kappa shape index (κ3) is 1.75. The summed E-state index contributed by atoms with van der Waals surface area (Å²) in [6.45, 7) is 2.10. The van der Waals surface area contributed by atoms with Crippen molar-refractivity contribution in [1.29, 1.82) is 0 Å². The molecular formula is C11H14OS2. The molecule has 1 aromatic rings. The van der Waals surface area contributed by atoms with Gasteiger partial charge in [-0.2, -0.15) is 0 Å². The maximum atomic E-state index is 12.0. The number of thioether (sulfide) groups is 1. The largest absolute Gasteiger partial charge is 0.258 e. The van der Waals surface area contributed by atoms with Crippen LogP contribution < -0.4 is 0 Å². The fourth-order valence-electron chi connectivity index (χ4n) is 1.67. The van der Waals surface area contributed by atoms with Crippen LogP contribution in [0.15, 0.2) is 30.3 Å². The smallest absolute Gasteiger partial charge is 0.113 e. The highest BCUT2D eigenvalue weighted by Crippen LogP contribution is 2.42. The van der Waals surface area contributed by atoms with Crippen LogP contribution >= 0.6 is 11.8 Å². The Hall–Kier alpha value is -0.280. The van der Waals surface area contributed by atoms with Crippen LogP contribution in [0.1, 0.15) is 18.9 Å². The molecule has 1 aliphatic rings. The molecule has 0 aromatic heterocycles. The monoisotopic (exact) mass is 226 g/mol. The van der Waals surface area contributed by atoms with Crippen LogP contribution in [0.25, 0.3) is 0 Å². The average Bonchev–Trinajstić information content (AvgIpc) is 2.24. The molecule has 1 heterocycles. The quantitative estimate of drug-likeness (QED) is 0.732. The fraction of sp³-hybridized carbons (Fsp3) is 0.455. The molecule has 0 bridgehead atoms. The van der Waals surface area contributed by atoms with Crippen molar-refractivity contribution < 1.29 is 4.21 Å². The molecule has 0 amide bonds. The van der Waals surface area contributed by atoms with E-state index in [9.17, 15) is 4.21 Å². The van der Waals surface area contributed by atoms with E-state index in [4.69, 9.17) is 0 Å². The lowest BCUT2D eigenvalue weighted by Crippen LogP contribution is -2.30. The molecule has 0 spiro atoms. The normalized spacial score (nSPS) is 32.8. The van der Waals surface area contributed by atoms with Crippen LogP contribution in [0.2, 0.25) is 0 Å². The van der Waals surface area contributed by atoms with Gasteiger partial charge in [0.2, 0.25) is 0 Å². The van der Waals surface area contributed by atoms with Gasteiger partial charge in [0.25, 0.3) is 0 Å². The molecule has 2 rings (SSSR count). The number of hydrogen-bond donors (Lipinski definition) is 0. The lowest BCUT2D eigenvalue weighted by molar-refractivity contribution is 0.667. The first kappa shape index (κ1) is 10.2. The van der Waals surface area contributed by atoms with Gasteiger partial charge < -0.3 is 0 Å². The van der Waals surface area contributed by atoms with Crippen molar-refractivity contribution in [2.24, 2.45) is 0 Å². The number of rotatable bonds is 1. The summed E-state index contributed by atoms with van der Waals surface area (Å²) >= 11 is 1.83. The molecule has 0 aliphatic carbocycles. The summed E-state index contributed by atoms with van der Waals surface area (Å²) in [5, 5.41) is 0. The molecule has 3 heteroatoms. The van der Waals surface area contributed by atoms with Crippen LogP contribution in [0.5, 0.6) is 0 Å². The fourth-order valence-corrected chi connectivity index (χ4v) is 5.06. The molecular weight excluding hydrogens is 212 g/mol. The molecule has 1 nitrogen and oxygen atoms in total. The van der Waals surface area contributed by atoms with Crippen molar-refractivity contribution in [1.82, 2.24) is 0 Å². The van der Waals surface area contributed by atoms with E-state index in [2.05, 4.69) is 19.1 Å². The van der Waals surface area contributed by atoms with Gasteiger partial charge in [-0.3, -0.25) is 4.21 Å². The zero-order chi connectivity index (χ0) is 10.0. The first-order valence-electron chi connectivity index (χ1n) is 4.81. The molecule has 1 aromatic carbocycles. The van der Waals surface area contributed by atoms with Crippen LogP contribution in [0.3, 0.4) is 0 Å². The predicted octanol–water partition coefficient (Wildman–Crippen LogP) is 2.74. The number of hydrogen-bond acceptors (Lipinski definition) is 2. The molecule has 14 heavy (non-hydrogen) atoms. The van der Waals surface area contributed by atoms with Gasteiger partial charge in [0.05, 0.1) is 0 Å². The summed E-state index contributed by atoms with van der Waals surface area (Å²) in [6.07, 6.45) is 1.08. The second-order valence-electron chi connectivity index (χ2n) is 3.56. The molecule has 2 atom stereocenters. The Morgan fingerprint density at radius 3 is 2.71 bits per heavy atom. The van der Waals surface area contributed by atoms with Gasteiger partial charge in [0.1, 0.15) is 4.08 Å². The van der Waals surface area contributed by atoms with E-state index in [-0.39, 0.29) is 4.08 Å². The van der Waals surface area contributed by atoms with Gasteiger partial charge in [0.15, 0.2) is 0 Å². The molecule has 0 saturated carbocycles. The van der Waals surface area contributed by atoms with Crippen molar-refractivity contribution in [3.8, 4) is 0 Å². The molecule has 1 fully saturated rings. The Bertz CT molecular complexity index is 336. The van der Waals surface area contributed by atoms with Gasteiger partial charge in [0, 0.05) is 16.6 Å². The molecule has 1 saturated heterocycles. The SMILES string of the molecule is C[C@]1(c2ccccc2)SCCCS1=O. The van der Waals surface area contributed by atoms with E-state index in [0.717, 1.165) is 17.9 Å². The van der Waals surface area contributed by atoms with Gasteiger partial charge in [-0.1, -0.05) is 30.3 Å². The van der Waals surface area contributed by atoms with Crippen LogP contribution in [-0.4, -0.2) is 15.7 Å². The Kier molecular flexibility index (Phi) is 2.98. The molecule has 0 radical (unpaired) electrons. The summed E-state index contributed by atoms with van der Waals surface area (Å²) in [4.78, 5) is 0. The third-order valence-electron chi connectivity index (χ3n) is 2.58. The van der Waals surface area contributed by atoms with E-state index in [0.29, 0.717) is 0 Å². The summed E-state index contributed by atoms with van der Waals surface area (Å²) in [5.74, 6) is 1.97. The third-order valence-corrected chi connectivity index (χ3v) is 6.54. The average molecular weight is 226 g/mol. The Balaban J connectivity index is 2.35. The van der Waals surface area contributed by atoms with Gasteiger partial charge in [-0.25, -0.2) is 0 Å². The summed E-state index contributed by atoms with van der Waals surface area (Å²) in [7, 11) is -0.732. The topological polar surface area (TPSA) is 17.1 Å². The highest BCUT2D eigenvalue weighted by Gasteiger charge is 2.36. The minimum atomic E-state index is -0.732. The lowest BCUT2D eigenvalue weighted by atomic mass is 10.2. The Morgan fingerprint density at radius 2 is 2.07 bits per heavy atom. The second-order valence-corrected chi connectivity index (χ2v) is 7.25. The Labute approximate surface area is 91.7 Å². The lowest BCUT2D eigenvalue weighted by Gasteiger charge is -2.32.